The summed E-state index contributed by atoms with van der Waals surface area (Å²) in [5.41, 5.74) is 0.948. The molecule has 2 fully saturated rings. The van der Waals surface area contributed by atoms with Gasteiger partial charge in [0.25, 0.3) is 0 Å². The molecule has 0 aliphatic carbocycles. The third-order valence-electron chi connectivity index (χ3n) is 4.84. The maximum atomic E-state index is 5.41. The number of thiocarbonyl (C=S) groups is 1. The van der Waals surface area contributed by atoms with Crippen molar-refractivity contribution < 1.29 is 0 Å². The van der Waals surface area contributed by atoms with Gasteiger partial charge in [0.15, 0.2) is 5.11 Å². The van der Waals surface area contributed by atoms with Crippen LogP contribution in [0.15, 0.2) is 18.3 Å². The van der Waals surface area contributed by atoms with Crippen molar-refractivity contribution in [1.82, 2.24) is 15.2 Å². The number of pyridine rings is 1. The van der Waals surface area contributed by atoms with E-state index in [1.165, 1.54) is 32.2 Å². The Labute approximate surface area is 144 Å². The molecule has 0 bridgehead atoms. The van der Waals surface area contributed by atoms with Gasteiger partial charge in [-0.15, -0.1) is 0 Å². The predicted molar refractivity (Wildman–Crippen MR) is 100 cm³/mol. The van der Waals surface area contributed by atoms with Crippen molar-refractivity contribution in [2.45, 2.75) is 38.6 Å². The molecule has 0 amide bonds. The summed E-state index contributed by atoms with van der Waals surface area (Å²) in [7, 11) is 0. The molecule has 5 nitrogen and oxygen atoms in total. The van der Waals surface area contributed by atoms with Gasteiger partial charge in [0.05, 0.1) is 11.9 Å². The highest BCUT2D eigenvalue weighted by molar-refractivity contribution is 7.80. The lowest BCUT2D eigenvalue weighted by Crippen LogP contribution is -2.41. The van der Waals surface area contributed by atoms with E-state index < -0.39 is 0 Å². The molecular formula is C17H27N5S. The fourth-order valence-corrected chi connectivity index (χ4v) is 3.72. The SMILES string of the molecule is CCN1CCC[C@H]1CNC(=S)Nc1ccc(N2CCCC2)nc1. The maximum Gasteiger partial charge on any atom is 0.170 e. The van der Waals surface area contributed by atoms with Gasteiger partial charge < -0.3 is 15.5 Å². The number of nitrogens with one attached hydrogen (secondary N) is 2. The highest BCUT2D eigenvalue weighted by Gasteiger charge is 2.22. The first-order valence-electron chi connectivity index (χ1n) is 8.76. The summed E-state index contributed by atoms with van der Waals surface area (Å²) in [4.78, 5) is 9.39. The Morgan fingerprint density at radius 2 is 2.09 bits per heavy atom. The van der Waals surface area contributed by atoms with Crippen molar-refractivity contribution >= 4 is 28.8 Å². The Bertz CT molecular complexity index is 512. The molecule has 2 saturated heterocycles. The Morgan fingerprint density at radius 1 is 1.26 bits per heavy atom. The fourth-order valence-electron chi connectivity index (χ4n) is 3.52. The third kappa shape index (κ3) is 4.32. The Morgan fingerprint density at radius 3 is 2.78 bits per heavy atom. The molecule has 3 rings (SSSR count). The van der Waals surface area contributed by atoms with E-state index in [-0.39, 0.29) is 0 Å². The average Bonchev–Trinajstić information content (AvgIpc) is 3.25. The van der Waals surface area contributed by atoms with Gasteiger partial charge in [-0.25, -0.2) is 4.98 Å². The van der Waals surface area contributed by atoms with Crippen LogP contribution < -0.4 is 15.5 Å². The van der Waals surface area contributed by atoms with Gasteiger partial charge >= 0.3 is 0 Å². The van der Waals surface area contributed by atoms with E-state index in [1.54, 1.807) is 0 Å². The number of anilines is 2. The lowest BCUT2D eigenvalue weighted by atomic mass is 10.2. The van der Waals surface area contributed by atoms with Crippen LogP contribution >= 0.6 is 12.2 Å². The highest BCUT2D eigenvalue weighted by Crippen LogP contribution is 2.19. The van der Waals surface area contributed by atoms with Crippen LogP contribution in [-0.4, -0.2) is 53.8 Å². The third-order valence-corrected chi connectivity index (χ3v) is 5.09. The molecule has 0 saturated carbocycles. The largest absolute Gasteiger partial charge is 0.361 e. The van der Waals surface area contributed by atoms with Crippen molar-refractivity contribution in [3.8, 4) is 0 Å². The number of hydrogen-bond donors (Lipinski definition) is 2. The molecule has 3 heterocycles. The second-order valence-electron chi connectivity index (χ2n) is 6.36. The summed E-state index contributed by atoms with van der Waals surface area (Å²) in [5, 5.41) is 7.27. The molecule has 2 aliphatic rings. The standard InChI is InChI=1S/C17H27N5S/c1-2-21-11-5-6-15(21)13-19-17(23)20-14-7-8-16(18-12-14)22-9-3-4-10-22/h7-8,12,15H,2-6,9-11,13H2,1H3,(H2,19,20,23)/t15-/m0/s1. The second kappa shape index (κ2) is 7.93. The summed E-state index contributed by atoms with van der Waals surface area (Å²) in [6, 6.07) is 4.74. The average molecular weight is 334 g/mol. The molecule has 1 aromatic rings. The highest BCUT2D eigenvalue weighted by atomic mass is 32.1. The molecule has 0 unspecified atom stereocenters. The molecule has 6 heteroatoms. The molecule has 23 heavy (non-hydrogen) atoms. The summed E-state index contributed by atoms with van der Waals surface area (Å²) in [5.74, 6) is 1.07. The van der Waals surface area contributed by atoms with Crippen LogP contribution in [0.5, 0.6) is 0 Å². The van der Waals surface area contributed by atoms with Gasteiger partial charge in [-0.3, -0.25) is 4.90 Å². The summed E-state index contributed by atoms with van der Waals surface area (Å²) >= 11 is 5.41. The number of likely N-dealkylation sites (tertiary alicyclic amines) is 1. The lowest BCUT2D eigenvalue weighted by Gasteiger charge is -2.23. The van der Waals surface area contributed by atoms with E-state index in [9.17, 15) is 0 Å². The van der Waals surface area contributed by atoms with Crippen LogP contribution in [0.3, 0.4) is 0 Å². The van der Waals surface area contributed by atoms with Crippen molar-refractivity contribution in [2.24, 2.45) is 0 Å². The van der Waals surface area contributed by atoms with E-state index in [0.29, 0.717) is 11.2 Å². The van der Waals surface area contributed by atoms with Crippen LogP contribution in [0.1, 0.15) is 32.6 Å². The zero-order chi connectivity index (χ0) is 16.1. The minimum atomic E-state index is 0.607. The minimum Gasteiger partial charge on any atom is -0.361 e. The summed E-state index contributed by atoms with van der Waals surface area (Å²) in [6.07, 6.45) is 6.96. The quantitative estimate of drug-likeness (QED) is 0.807. The normalized spacial score (nSPS) is 21.6. The van der Waals surface area contributed by atoms with Crippen LogP contribution in [0, 0.1) is 0 Å². The van der Waals surface area contributed by atoms with Crippen molar-refractivity contribution in [2.75, 3.05) is 42.9 Å². The zero-order valence-corrected chi connectivity index (χ0v) is 14.7. The van der Waals surface area contributed by atoms with Crippen LogP contribution in [0.2, 0.25) is 0 Å². The van der Waals surface area contributed by atoms with Gasteiger partial charge in [0.2, 0.25) is 0 Å². The van der Waals surface area contributed by atoms with E-state index in [4.69, 9.17) is 12.2 Å². The fraction of sp³-hybridized carbons (Fsp3) is 0.647. The van der Waals surface area contributed by atoms with Gasteiger partial charge in [0, 0.05) is 25.7 Å². The number of likely N-dealkylation sites (N-methyl/N-ethyl adjacent to an activating group) is 1. The Balaban J connectivity index is 1.46. The van der Waals surface area contributed by atoms with Crippen LogP contribution in [0.25, 0.3) is 0 Å². The van der Waals surface area contributed by atoms with Gasteiger partial charge in [-0.05, 0) is 63.1 Å². The summed E-state index contributed by atoms with van der Waals surface area (Å²) < 4.78 is 0. The van der Waals surface area contributed by atoms with Gasteiger partial charge in [-0.2, -0.15) is 0 Å². The molecule has 1 aromatic heterocycles. The molecule has 2 N–H and O–H groups in total. The van der Waals surface area contributed by atoms with E-state index in [2.05, 4.69) is 44.5 Å². The lowest BCUT2D eigenvalue weighted by molar-refractivity contribution is 0.267. The monoisotopic (exact) mass is 333 g/mol. The van der Waals surface area contributed by atoms with Gasteiger partial charge in [0.1, 0.15) is 5.82 Å². The van der Waals surface area contributed by atoms with Crippen molar-refractivity contribution in [3.05, 3.63) is 18.3 Å². The number of hydrogen-bond acceptors (Lipinski definition) is 4. The first-order valence-corrected chi connectivity index (χ1v) is 9.17. The van der Waals surface area contributed by atoms with Crippen LogP contribution in [0.4, 0.5) is 11.5 Å². The predicted octanol–water partition coefficient (Wildman–Crippen LogP) is 2.45. The molecule has 0 spiro atoms. The smallest absolute Gasteiger partial charge is 0.170 e. The zero-order valence-electron chi connectivity index (χ0n) is 13.9. The van der Waals surface area contributed by atoms with E-state index in [1.807, 2.05) is 6.20 Å². The molecule has 1 atom stereocenters. The molecular weight excluding hydrogens is 306 g/mol. The number of nitrogens with zero attached hydrogens (tertiary/aromatic N) is 3. The number of aromatic nitrogens is 1. The van der Waals surface area contributed by atoms with Crippen LogP contribution in [-0.2, 0) is 0 Å². The Kier molecular flexibility index (Phi) is 5.67. The van der Waals surface area contributed by atoms with Crippen molar-refractivity contribution in [1.29, 1.82) is 0 Å². The van der Waals surface area contributed by atoms with E-state index in [0.717, 1.165) is 37.7 Å². The topological polar surface area (TPSA) is 43.4 Å². The summed E-state index contributed by atoms with van der Waals surface area (Å²) in [6.45, 7) is 7.71. The molecule has 0 radical (unpaired) electrons. The molecule has 2 aliphatic heterocycles. The maximum absolute atomic E-state index is 5.41. The number of rotatable bonds is 5. The van der Waals surface area contributed by atoms with E-state index >= 15 is 0 Å². The minimum absolute atomic E-state index is 0.607. The first-order chi connectivity index (χ1) is 11.3. The first kappa shape index (κ1) is 16.5. The van der Waals surface area contributed by atoms with Gasteiger partial charge in [-0.1, -0.05) is 6.92 Å². The second-order valence-corrected chi connectivity index (χ2v) is 6.77. The Hall–Kier alpha value is -1.40. The molecule has 126 valence electrons. The van der Waals surface area contributed by atoms with Crippen molar-refractivity contribution in [3.63, 3.8) is 0 Å². The molecule has 0 aromatic carbocycles.